The largest absolute Gasteiger partial charge is 0.477 e. The SMILES string of the molecule is Cc1cc(C(=O)O)nc(NCCOCCC(C)C)n1. The molecule has 2 N–H and O–H groups in total. The molecule has 0 saturated heterocycles. The maximum atomic E-state index is 10.8. The van der Waals surface area contributed by atoms with Gasteiger partial charge in [-0.1, -0.05) is 13.8 Å². The van der Waals surface area contributed by atoms with Crippen LogP contribution in [-0.4, -0.2) is 40.8 Å². The van der Waals surface area contributed by atoms with Crippen molar-refractivity contribution in [2.75, 3.05) is 25.1 Å². The predicted octanol–water partition coefficient (Wildman–Crippen LogP) is 1.96. The van der Waals surface area contributed by atoms with Gasteiger partial charge in [0.25, 0.3) is 0 Å². The van der Waals surface area contributed by atoms with E-state index < -0.39 is 5.97 Å². The highest BCUT2D eigenvalue weighted by Gasteiger charge is 2.08. The maximum absolute atomic E-state index is 10.8. The average Bonchev–Trinajstić information content (AvgIpc) is 2.32. The van der Waals surface area contributed by atoms with Gasteiger partial charge in [-0.3, -0.25) is 0 Å². The Kier molecular flexibility index (Phi) is 6.21. The highest BCUT2D eigenvalue weighted by Crippen LogP contribution is 2.04. The number of hydrogen-bond acceptors (Lipinski definition) is 5. The molecule has 6 nitrogen and oxygen atoms in total. The van der Waals surface area contributed by atoms with E-state index in [-0.39, 0.29) is 5.69 Å². The lowest BCUT2D eigenvalue weighted by atomic mass is 10.1. The van der Waals surface area contributed by atoms with Crippen molar-refractivity contribution in [2.24, 2.45) is 5.92 Å². The molecule has 0 aliphatic rings. The summed E-state index contributed by atoms with van der Waals surface area (Å²) in [7, 11) is 0. The number of aromatic nitrogens is 2. The second-order valence-corrected chi connectivity index (χ2v) is 4.74. The minimum atomic E-state index is -1.05. The molecule has 0 atom stereocenters. The lowest BCUT2D eigenvalue weighted by Gasteiger charge is -2.08. The fourth-order valence-corrected chi connectivity index (χ4v) is 1.41. The van der Waals surface area contributed by atoms with Crippen molar-refractivity contribution in [3.8, 4) is 0 Å². The summed E-state index contributed by atoms with van der Waals surface area (Å²) < 4.78 is 5.44. The van der Waals surface area contributed by atoms with Gasteiger partial charge in [-0.25, -0.2) is 14.8 Å². The van der Waals surface area contributed by atoms with E-state index in [1.807, 2.05) is 0 Å². The second kappa shape index (κ2) is 7.68. The molecule has 0 unspecified atom stereocenters. The molecule has 0 fully saturated rings. The van der Waals surface area contributed by atoms with Gasteiger partial charge in [0.05, 0.1) is 6.61 Å². The number of rotatable bonds is 8. The van der Waals surface area contributed by atoms with E-state index >= 15 is 0 Å². The summed E-state index contributed by atoms with van der Waals surface area (Å²) in [5.41, 5.74) is 0.617. The van der Waals surface area contributed by atoms with Crippen LogP contribution in [-0.2, 0) is 4.74 Å². The number of nitrogens with one attached hydrogen (secondary N) is 1. The van der Waals surface area contributed by atoms with Crippen LogP contribution in [0.15, 0.2) is 6.07 Å². The number of hydrogen-bond donors (Lipinski definition) is 2. The molecule has 1 rings (SSSR count). The van der Waals surface area contributed by atoms with Crippen molar-refractivity contribution in [3.05, 3.63) is 17.5 Å². The smallest absolute Gasteiger partial charge is 0.354 e. The molecule has 1 aromatic rings. The summed E-state index contributed by atoms with van der Waals surface area (Å²) >= 11 is 0. The molecule has 0 aliphatic heterocycles. The van der Waals surface area contributed by atoms with E-state index in [0.29, 0.717) is 30.7 Å². The zero-order chi connectivity index (χ0) is 14.3. The summed E-state index contributed by atoms with van der Waals surface area (Å²) in [6.45, 7) is 7.87. The third kappa shape index (κ3) is 6.15. The summed E-state index contributed by atoms with van der Waals surface area (Å²) in [5.74, 6) is -0.0993. The highest BCUT2D eigenvalue weighted by atomic mass is 16.5. The summed E-state index contributed by atoms with van der Waals surface area (Å²) in [4.78, 5) is 18.9. The van der Waals surface area contributed by atoms with Crippen LogP contribution in [0, 0.1) is 12.8 Å². The summed E-state index contributed by atoms with van der Waals surface area (Å²) in [5, 5.41) is 11.8. The molecule has 0 bridgehead atoms. The van der Waals surface area contributed by atoms with Crippen LogP contribution in [0.2, 0.25) is 0 Å². The molecule has 19 heavy (non-hydrogen) atoms. The van der Waals surface area contributed by atoms with Crippen molar-refractivity contribution < 1.29 is 14.6 Å². The first-order valence-electron chi connectivity index (χ1n) is 6.39. The number of carboxylic acids is 1. The Morgan fingerprint density at radius 2 is 2.16 bits per heavy atom. The quantitative estimate of drug-likeness (QED) is 0.700. The molecule has 0 amide bonds. The number of carbonyl (C=O) groups is 1. The van der Waals surface area contributed by atoms with E-state index in [1.54, 1.807) is 6.92 Å². The first-order valence-corrected chi connectivity index (χ1v) is 6.39. The lowest BCUT2D eigenvalue weighted by Crippen LogP contribution is -2.14. The molecule has 106 valence electrons. The van der Waals surface area contributed by atoms with Crippen molar-refractivity contribution in [1.29, 1.82) is 0 Å². The molecule has 1 aromatic heterocycles. The van der Waals surface area contributed by atoms with E-state index in [2.05, 4.69) is 29.1 Å². The van der Waals surface area contributed by atoms with Crippen LogP contribution >= 0.6 is 0 Å². The molecule has 0 radical (unpaired) electrons. The van der Waals surface area contributed by atoms with E-state index in [9.17, 15) is 4.79 Å². The van der Waals surface area contributed by atoms with Crippen LogP contribution in [0.4, 0.5) is 5.95 Å². The Morgan fingerprint density at radius 1 is 1.42 bits per heavy atom. The minimum Gasteiger partial charge on any atom is -0.477 e. The Balaban J connectivity index is 2.35. The topological polar surface area (TPSA) is 84.3 Å². The number of aryl methyl sites for hydroxylation is 1. The first kappa shape index (κ1) is 15.4. The lowest BCUT2D eigenvalue weighted by molar-refractivity contribution is 0.0690. The average molecular weight is 267 g/mol. The second-order valence-electron chi connectivity index (χ2n) is 4.74. The van der Waals surface area contributed by atoms with Gasteiger partial charge >= 0.3 is 5.97 Å². The first-order chi connectivity index (χ1) is 8.99. The van der Waals surface area contributed by atoms with Crippen LogP contribution in [0.3, 0.4) is 0 Å². The Bertz CT molecular complexity index is 422. The molecular formula is C13H21N3O3. The molecular weight excluding hydrogens is 246 g/mol. The van der Waals surface area contributed by atoms with Gasteiger partial charge in [0.15, 0.2) is 5.69 Å². The molecule has 1 heterocycles. The van der Waals surface area contributed by atoms with Crippen LogP contribution < -0.4 is 5.32 Å². The molecule has 0 aliphatic carbocycles. The van der Waals surface area contributed by atoms with E-state index in [0.717, 1.165) is 13.0 Å². The van der Waals surface area contributed by atoms with Gasteiger partial charge in [0.1, 0.15) is 0 Å². The fourth-order valence-electron chi connectivity index (χ4n) is 1.41. The minimum absolute atomic E-state index is 0.00396. The number of anilines is 1. The number of aromatic carboxylic acids is 1. The zero-order valence-corrected chi connectivity index (χ0v) is 11.6. The Hall–Kier alpha value is -1.69. The van der Waals surface area contributed by atoms with Crippen molar-refractivity contribution in [3.63, 3.8) is 0 Å². The maximum Gasteiger partial charge on any atom is 0.354 e. The van der Waals surface area contributed by atoms with Gasteiger partial charge in [-0.15, -0.1) is 0 Å². The van der Waals surface area contributed by atoms with Gasteiger partial charge in [-0.05, 0) is 25.3 Å². The molecule has 0 aromatic carbocycles. The third-order valence-corrected chi connectivity index (χ3v) is 2.44. The van der Waals surface area contributed by atoms with Gasteiger partial charge in [-0.2, -0.15) is 0 Å². The van der Waals surface area contributed by atoms with Gasteiger partial charge < -0.3 is 15.2 Å². The van der Waals surface area contributed by atoms with Gasteiger partial charge in [0, 0.05) is 18.8 Å². The molecule has 0 spiro atoms. The third-order valence-electron chi connectivity index (χ3n) is 2.44. The number of nitrogens with zero attached hydrogens (tertiary/aromatic N) is 2. The standard InChI is InChI=1S/C13H21N3O3/c1-9(2)4-6-19-7-5-14-13-15-10(3)8-11(16-13)12(17)18/h8-9H,4-7H2,1-3H3,(H,17,18)(H,14,15,16). The molecule has 0 saturated carbocycles. The van der Waals surface area contributed by atoms with Gasteiger partial charge in [0.2, 0.25) is 5.95 Å². The van der Waals surface area contributed by atoms with Crippen LogP contribution in [0.1, 0.15) is 36.5 Å². The summed E-state index contributed by atoms with van der Waals surface area (Å²) in [6, 6.07) is 1.44. The highest BCUT2D eigenvalue weighted by molar-refractivity contribution is 5.85. The van der Waals surface area contributed by atoms with Crippen LogP contribution in [0.5, 0.6) is 0 Å². The van der Waals surface area contributed by atoms with Crippen molar-refractivity contribution >= 4 is 11.9 Å². The number of ether oxygens (including phenoxy) is 1. The normalized spacial score (nSPS) is 10.7. The number of carboxylic acid groups (broad SMARTS) is 1. The van der Waals surface area contributed by atoms with Crippen molar-refractivity contribution in [2.45, 2.75) is 27.2 Å². The predicted molar refractivity (Wildman–Crippen MR) is 72.5 cm³/mol. The monoisotopic (exact) mass is 267 g/mol. The van der Waals surface area contributed by atoms with Crippen LogP contribution in [0.25, 0.3) is 0 Å². The zero-order valence-electron chi connectivity index (χ0n) is 11.6. The van der Waals surface area contributed by atoms with Crippen molar-refractivity contribution in [1.82, 2.24) is 9.97 Å². The van der Waals surface area contributed by atoms with E-state index in [1.165, 1.54) is 6.07 Å². The Labute approximate surface area is 113 Å². The fraction of sp³-hybridized carbons (Fsp3) is 0.615. The summed E-state index contributed by atoms with van der Waals surface area (Å²) in [6.07, 6.45) is 1.03. The van der Waals surface area contributed by atoms with E-state index in [4.69, 9.17) is 9.84 Å². The Morgan fingerprint density at radius 3 is 2.79 bits per heavy atom. The molecule has 6 heteroatoms.